The summed E-state index contributed by atoms with van der Waals surface area (Å²) in [4.78, 5) is 39.0. The molecule has 5 aromatic rings. The number of fused-ring (bicyclic) bond motifs is 2. The lowest BCUT2D eigenvalue weighted by Crippen LogP contribution is -2.42. The fraction of sp³-hybridized carbons (Fsp3) is 0.119. The molecule has 3 aliphatic rings. The fourth-order valence-electron chi connectivity index (χ4n) is 6.69. The number of aromatic nitrogens is 1. The topological polar surface area (TPSA) is 130 Å². The number of aromatic hydroxyl groups is 2. The van der Waals surface area contributed by atoms with Crippen LogP contribution in [-0.4, -0.2) is 44.8 Å². The molecule has 1 aliphatic carbocycles. The number of carbonyl (C=O) groups is 2. The Balaban J connectivity index is 1.15. The highest BCUT2D eigenvalue weighted by molar-refractivity contribution is 6.09. The van der Waals surface area contributed by atoms with Crippen molar-refractivity contribution in [3.63, 3.8) is 0 Å². The summed E-state index contributed by atoms with van der Waals surface area (Å²) in [5.41, 5.74) is 6.25. The molecular formula is C42H34N4O6. The molecule has 3 N–H and O–H groups in total. The van der Waals surface area contributed by atoms with E-state index in [-0.39, 0.29) is 17.7 Å². The van der Waals surface area contributed by atoms with Crippen molar-refractivity contribution in [2.45, 2.75) is 12.8 Å². The van der Waals surface area contributed by atoms with Gasteiger partial charge in [0.1, 0.15) is 11.3 Å². The van der Waals surface area contributed by atoms with Gasteiger partial charge in [-0.25, -0.2) is 9.79 Å². The van der Waals surface area contributed by atoms with Crippen molar-refractivity contribution < 1.29 is 29.1 Å². The Labute approximate surface area is 298 Å². The Bertz CT molecular complexity index is 2430. The number of nitrogens with zero attached hydrogens (tertiary/aromatic N) is 3. The highest BCUT2D eigenvalue weighted by atomic mass is 16.7. The third-order valence-corrected chi connectivity index (χ3v) is 9.30. The van der Waals surface area contributed by atoms with Crippen LogP contribution < -0.4 is 15.5 Å². The summed E-state index contributed by atoms with van der Waals surface area (Å²) in [6.07, 6.45) is 0.743. The van der Waals surface area contributed by atoms with E-state index < -0.39 is 11.9 Å². The minimum atomic E-state index is -0.584. The smallest absolute Gasteiger partial charge is 0.336 e. The Hall–Kier alpha value is -6.81. The van der Waals surface area contributed by atoms with Gasteiger partial charge in [0.15, 0.2) is 0 Å². The highest BCUT2D eigenvalue weighted by Gasteiger charge is 2.31. The van der Waals surface area contributed by atoms with Crippen LogP contribution in [0.3, 0.4) is 0 Å². The first-order valence-corrected chi connectivity index (χ1v) is 17.0. The van der Waals surface area contributed by atoms with Gasteiger partial charge in [-0.2, -0.15) is 0 Å². The van der Waals surface area contributed by atoms with E-state index in [1.165, 1.54) is 12.1 Å². The Morgan fingerprint density at radius 1 is 0.731 bits per heavy atom. The maximum absolute atomic E-state index is 14.3. The molecular weight excluding hydrogens is 656 g/mol. The van der Waals surface area contributed by atoms with Gasteiger partial charge in [-0.15, -0.1) is 4.73 Å². The number of nitrogens with one attached hydrogen (secondary N) is 1. The molecule has 1 fully saturated rings. The first-order chi connectivity index (χ1) is 25.4. The molecule has 0 saturated carbocycles. The normalized spacial score (nSPS) is 13.8. The summed E-state index contributed by atoms with van der Waals surface area (Å²) >= 11 is 0. The molecule has 0 bridgehead atoms. The maximum Gasteiger partial charge on any atom is 0.336 e. The van der Waals surface area contributed by atoms with Crippen molar-refractivity contribution in [3.05, 3.63) is 144 Å². The molecule has 52 heavy (non-hydrogen) atoms. The van der Waals surface area contributed by atoms with Crippen LogP contribution in [0.1, 0.15) is 23.2 Å². The molecule has 2 aliphatic heterocycles. The van der Waals surface area contributed by atoms with Crippen LogP contribution in [0.5, 0.6) is 11.8 Å². The predicted octanol–water partition coefficient (Wildman–Crippen LogP) is 7.90. The third kappa shape index (κ3) is 6.45. The molecule has 4 aromatic carbocycles. The van der Waals surface area contributed by atoms with E-state index in [2.05, 4.69) is 5.32 Å². The standard InChI is InChI=1S/C42H34N4O6/c47-38-19-20-39(48)46(38)52-42(50)27-21-23-45(24-22-27)41(49)33-14-8-7-13-32(33)40-34-17-15-30(43-28-9-3-1-4-10-28)25-36(34)51-37-26-31(16-18-35(37)40)44-29-11-5-2-6-12-29/h1-20,25-27,43,47-48H,21-24H2. The summed E-state index contributed by atoms with van der Waals surface area (Å²) in [6.45, 7) is 0.669. The van der Waals surface area contributed by atoms with Gasteiger partial charge >= 0.3 is 5.97 Å². The molecule has 10 heteroatoms. The van der Waals surface area contributed by atoms with Crippen molar-refractivity contribution in [1.82, 2.24) is 9.63 Å². The van der Waals surface area contributed by atoms with Gasteiger partial charge in [-0.3, -0.25) is 4.79 Å². The summed E-state index contributed by atoms with van der Waals surface area (Å²) < 4.78 is 7.29. The summed E-state index contributed by atoms with van der Waals surface area (Å²) in [5, 5.41) is 24.8. The van der Waals surface area contributed by atoms with Gasteiger partial charge in [-0.1, -0.05) is 54.6 Å². The average Bonchev–Trinajstić information content (AvgIpc) is 3.49. The molecule has 0 unspecified atom stereocenters. The zero-order chi connectivity index (χ0) is 35.6. The van der Waals surface area contributed by atoms with Crippen molar-refractivity contribution in [1.29, 1.82) is 0 Å². The molecule has 10 nitrogen and oxygen atoms in total. The average molecular weight is 691 g/mol. The van der Waals surface area contributed by atoms with E-state index in [4.69, 9.17) is 14.2 Å². The lowest BCUT2D eigenvalue weighted by Gasteiger charge is -2.31. The molecule has 1 amide bonds. The van der Waals surface area contributed by atoms with Crippen molar-refractivity contribution in [3.8, 4) is 34.2 Å². The number of carbonyl (C=O) groups excluding carboxylic acids is 2. The summed E-state index contributed by atoms with van der Waals surface area (Å²) in [6, 6.07) is 41.5. The van der Waals surface area contributed by atoms with Gasteiger partial charge in [0.25, 0.3) is 5.91 Å². The number of hydrogen-bond donors (Lipinski definition) is 3. The lowest BCUT2D eigenvalue weighted by molar-refractivity contribution is -0.151. The van der Waals surface area contributed by atoms with E-state index in [1.54, 1.807) is 4.90 Å². The van der Waals surface area contributed by atoms with E-state index in [0.717, 1.165) is 44.5 Å². The van der Waals surface area contributed by atoms with Crippen LogP contribution in [0.15, 0.2) is 143 Å². The van der Waals surface area contributed by atoms with E-state index >= 15 is 0 Å². The second-order valence-electron chi connectivity index (χ2n) is 12.7. The minimum Gasteiger partial charge on any atom is -0.492 e. The van der Waals surface area contributed by atoms with Gasteiger partial charge in [0.05, 0.1) is 17.0 Å². The Morgan fingerprint density at radius 3 is 2.17 bits per heavy atom. The van der Waals surface area contributed by atoms with Crippen LogP contribution in [0, 0.1) is 5.92 Å². The molecule has 258 valence electrons. The van der Waals surface area contributed by atoms with Crippen LogP contribution in [-0.2, 0) is 4.79 Å². The van der Waals surface area contributed by atoms with Crippen LogP contribution in [0.4, 0.5) is 17.1 Å². The monoisotopic (exact) mass is 690 g/mol. The Morgan fingerprint density at radius 2 is 1.42 bits per heavy atom. The van der Waals surface area contributed by atoms with Crippen LogP contribution >= 0.6 is 0 Å². The largest absolute Gasteiger partial charge is 0.492 e. The lowest BCUT2D eigenvalue weighted by atomic mass is 9.89. The number of hydrogen-bond acceptors (Lipinski definition) is 8. The molecule has 0 atom stereocenters. The van der Waals surface area contributed by atoms with Gasteiger partial charge in [-0.05, 0) is 73.0 Å². The van der Waals surface area contributed by atoms with Crippen molar-refractivity contribution >= 4 is 39.9 Å². The van der Waals surface area contributed by atoms with Gasteiger partial charge < -0.3 is 29.7 Å². The second kappa shape index (κ2) is 13.8. The summed E-state index contributed by atoms with van der Waals surface area (Å²) in [7, 11) is 0. The SMILES string of the molecule is O=C(On1c(O)ccc1O)C1CCN(C(=O)c2ccccc2-c2c3ccc(=Nc4ccccc4)cc-3oc3cc(Nc4ccccc4)ccc23)CC1. The number of amides is 1. The number of piperidine rings is 1. The maximum atomic E-state index is 14.3. The van der Waals surface area contributed by atoms with Crippen molar-refractivity contribution in [2.75, 3.05) is 18.4 Å². The minimum absolute atomic E-state index is 0.150. The number of benzene rings is 5. The van der Waals surface area contributed by atoms with Crippen LogP contribution in [0.25, 0.3) is 33.4 Å². The number of anilines is 2. The first-order valence-electron chi connectivity index (χ1n) is 17.0. The molecule has 1 aromatic heterocycles. The van der Waals surface area contributed by atoms with E-state index in [9.17, 15) is 19.8 Å². The second-order valence-corrected chi connectivity index (χ2v) is 12.7. The Kier molecular flexibility index (Phi) is 8.62. The number of para-hydroxylation sites is 2. The zero-order valence-electron chi connectivity index (χ0n) is 28.0. The molecule has 0 radical (unpaired) electrons. The van der Waals surface area contributed by atoms with E-state index in [0.29, 0.717) is 47.6 Å². The molecule has 0 spiro atoms. The molecule has 3 heterocycles. The van der Waals surface area contributed by atoms with Crippen molar-refractivity contribution in [2.24, 2.45) is 10.9 Å². The zero-order valence-corrected chi connectivity index (χ0v) is 28.0. The fourth-order valence-corrected chi connectivity index (χ4v) is 6.69. The molecule has 8 rings (SSSR count). The van der Waals surface area contributed by atoms with Crippen LogP contribution in [0.2, 0.25) is 0 Å². The third-order valence-electron chi connectivity index (χ3n) is 9.30. The number of likely N-dealkylation sites (tertiary alicyclic amines) is 1. The predicted molar refractivity (Wildman–Crippen MR) is 198 cm³/mol. The van der Waals surface area contributed by atoms with Gasteiger partial charge in [0.2, 0.25) is 11.8 Å². The number of rotatable bonds is 7. The highest BCUT2D eigenvalue weighted by Crippen LogP contribution is 2.42. The van der Waals surface area contributed by atoms with Gasteiger partial charge in [0, 0.05) is 70.8 Å². The quantitative estimate of drug-likeness (QED) is 0.145. The van der Waals surface area contributed by atoms with E-state index in [1.807, 2.05) is 121 Å². The summed E-state index contributed by atoms with van der Waals surface area (Å²) in [5.74, 6) is -1.37. The molecule has 1 saturated heterocycles. The first kappa shape index (κ1) is 32.4.